The van der Waals surface area contributed by atoms with E-state index in [1.807, 2.05) is 22.6 Å². The molecule has 24 heavy (non-hydrogen) atoms. The number of nitrogens with zero attached hydrogens (tertiary/aromatic N) is 3. The average Bonchev–Trinajstić information content (AvgIpc) is 2.87. The Morgan fingerprint density at radius 1 is 1.21 bits per heavy atom. The van der Waals surface area contributed by atoms with Gasteiger partial charge in [-0.2, -0.15) is 5.10 Å². The summed E-state index contributed by atoms with van der Waals surface area (Å²) in [5.41, 5.74) is 4.81. The van der Waals surface area contributed by atoms with E-state index in [0.29, 0.717) is 5.69 Å². The first-order chi connectivity index (χ1) is 11.2. The van der Waals surface area contributed by atoms with E-state index in [0.717, 1.165) is 40.8 Å². The molecule has 3 rings (SSSR count). The second-order valence-electron chi connectivity index (χ2n) is 7.54. The fourth-order valence-corrected chi connectivity index (χ4v) is 4.14. The van der Waals surface area contributed by atoms with Crippen molar-refractivity contribution in [1.82, 2.24) is 9.78 Å². The van der Waals surface area contributed by atoms with Crippen LogP contribution in [0.5, 0.6) is 0 Å². The summed E-state index contributed by atoms with van der Waals surface area (Å²) in [5, 5.41) is 4.59. The lowest BCUT2D eigenvalue weighted by Crippen LogP contribution is -2.36. The van der Waals surface area contributed by atoms with Gasteiger partial charge in [-0.05, 0) is 76.8 Å². The van der Waals surface area contributed by atoms with Gasteiger partial charge in [0.2, 0.25) is 0 Å². The number of halogens is 1. The first-order valence-corrected chi connectivity index (χ1v) is 9.16. The van der Waals surface area contributed by atoms with Gasteiger partial charge in [0.05, 0.1) is 11.2 Å². The van der Waals surface area contributed by atoms with Gasteiger partial charge in [0.25, 0.3) is 5.91 Å². The lowest BCUT2D eigenvalue weighted by atomic mass is 9.98. The standard InChI is InChI=1S/C19H24BrN3O/c1-12-9-15(20)11-14-7-6-8-22(17(12)14)18(24)16-10-13(2)23(21-16)19(3,4)5/h9-11H,6-8H2,1-5H3. The summed E-state index contributed by atoms with van der Waals surface area (Å²) >= 11 is 3.56. The van der Waals surface area contributed by atoms with Gasteiger partial charge in [0.1, 0.15) is 0 Å². The normalized spacial score (nSPS) is 14.7. The van der Waals surface area contributed by atoms with E-state index >= 15 is 0 Å². The Labute approximate surface area is 152 Å². The molecule has 0 bridgehead atoms. The first kappa shape index (κ1) is 17.2. The van der Waals surface area contributed by atoms with Crippen LogP contribution in [0.2, 0.25) is 0 Å². The summed E-state index contributed by atoms with van der Waals surface area (Å²) in [6, 6.07) is 6.10. The van der Waals surface area contributed by atoms with Crippen LogP contribution < -0.4 is 4.90 Å². The number of carbonyl (C=O) groups excluding carboxylic acids is 1. The van der Waals surface area contributed by atoms with Crippen molar-refractivity contribution in [2.24, 2.45) is 0 Å². The van der Waals surface area contributed by atoms with Gasteiger partial charge in [-0.1, -0.05) is 15.9 Å². The molecule has 0 saturated carbocycles. The molecule has 0 spiro atoms. The molecule has 4 nitrogen and oxygen atoms in total. The monoisotopic (exact) mass is 389 g/mol. The van der Waals surface area contributed by atoms with Crippen molar-refractivity contribution in [3.05, 3.63) is 45.2 Å². The van der Waals surface area contributed by atoms with Crippen LogP contribution in [0.3, 0.4) is 0 Å². The van der Waals surface area contributed by atoms with Crippen LogP contribution in [-0.2, 0) is 12.0 Å². The number of carbonyl (C=O) groups is 1. The Bertz CT molecular complexity index is 802. The smallest absolute Gasteiger partial charge is 0.278 e. The molecule has 2 heterocycles. The highest BCUT2D eigenvalue weighted by molar-refractivity contribution is 9.10. The molecule has 128 valence electrons. The Hall–Kier alpha value is -1.62. The number of anilines is 1. The number of rotatable bonds is 1. The van der Waals surface area contributed by atoms with Crippen molar-refractivity contribution < 1.29 is 4.79 Å². The number of aromatic nitrogens is 2. The van der Waals surface area contributed by atoms with Crippen LogP contribution in [0.15, 0.2) is 22.7 Å². The fourth-order valence-electron chi connectivity index (χ4n) is 3.52. The molecule has 5 heteroatoms. The third kappa shape index (κ3) is 3.02. The summed E-state index contributed by atoms with van der Waals surface area (Å²) in [6.07, 6.45) is 1.99. The SMILES string of the molecule is Cc1cc(Br)cc2c1N(C(=O)c1cc(C)n(C(C)(C)C)n1)CCC2. The molecule has 1 aromatic carbocycles. The number of benzene rings is 1. The zero-order chi connectivity index (χ0) is 17.6. The maximum atomic E-state index is 13.1. The molecule has 0 aliphatic carbocycles. The van der Waals surface area contributed by atoms with Gasteiger partial charge in [0, 0.05) is 16.7 Å². The fraction of sp³-hybridized carbons (Fsp3) is 0.474. The van der Waals surface area contributed by atoms with Gasteiger partial charge in [-0.15, -0.1) is 0 Å². The van der Waals surface area contributed by atoms with Crippen LogP contribution in [0.1, 0.15) is 54.5 Å². The maximum Gasteiger partial charge on any atom is 0.278 e. The van der Waals surface area contributed by atoms with Crippen LogP contribution in [-0.4, -0.2) is 22.2 Å². The second kappa shape index (κ2) is 6.03. The molecule has 1 amide bonds. The highest BCUT2D eigenvalue weighted by atomic mass is 79.9. The lowest BCUT2D eigenvalue weighted by molar-refractivity contribution is 0.0978. The Morgan fingerprint density at radius 2 is 1.92 bits per heavy atom. The average molecular weight is 390 g/mol. The van der Waals surface area contributed by atoms with Crippen molar-refractivity contribution in [3.8, 4) is 0 Å². The summed E-state index contributed by atoms with van der Waals surface area (Å²) in [7, 11) is 0. The molecule has 1 aliphatic heterocycles. The molecule has 0 atom stereocenters. The van der Waals surface area contributed by atoms with Gasteiger partial charge in [0.15, 0.2) is 5.69 Å². The number of hydrogen-bond donors (Lipinski definition) is 0. The van der Waals surface area contributed by atoms with E-state index in [2.05, 4.69) is 60.9 Å². The second-order valence-corrected chi connectivity index (χ2v) is 8.46. The van der Waals surface area contributed by atoms with E-state index < -0.39 is 0 Å². The number of aryl methyl sites for hydroxylation is 3. The van der Waals surface area contributed by atoms with Gasteiger partial charge >= 0.3 is 0 Å². The van der Waals surface area contributed by atoms with Gasteiger partial charge in [-0.25, -0.2) is 0 Å². The highest BCUT2D eigenvalue weighted by Crippen LogP contribution is 2.34. The largest absolute Gasteiger partial charge is 0.306 e. The van der Waals surface area contributed by atoms with Gasteiger partial charge in [-0.3, -0.25) is 9.48 Å². The van der Waals surface area contributed by atoms with Crippen LogP contribution >= 0.6 is 15.9 Å². The molecule has 0 radical (unpaired) electrons. The zero-order valence-corrected chi connectivity index (χ0v) is 16.6. The molecule has 2 aromatic rings. The summed E-state index contributed by atoms with van der Waals surface area (Å²) < 4.78 is 3.00. The molecule has 0 N–H and O–H groups in total. The quantitative estimate of drug-likeness (QED) is 0.713. The summed E-state index contributed by atoms with van der Waals surface area (Å²) in [4.78, 5) is 15.0. The first-order valence-electron chi connectivity index (χ1n) is 8.36. The Morgan fingerprint density at radius 3 is 2.54 bits per heavy atom. The Balaban J connectivity index is 2.02. The topological polar surface area (TPSA) is 38.1 Å². The molecule has 0 fully saturated rings. The maximum absolute atomic E-state index is 13.1. The predicted octanol–water partition coefficient (Wildman–Crippen LogP) is 4.61. The molecule has 1 aromatic heterocycles. The molecule has 1 aliphatic rings. The van der Waals surface area contributed by atoms with E-state index in [4.69, 9.17) is 0 Å². The summed E-state index contributed by atoms with van der Waals surface area (Å²) in [6.45, 7) is 11.1. The van der Waals surface area contributed by atoms with Crippen LogP contribution in [0.4, 0.5) is 5.69 Å². The molecular formula is C19H24BrN3O. The van der Waals surface area contributed by atoms with E-state index in [9.17, 15) is 4.79 Å². The Kier molecular flexibility index (Phi) is 4.32. The minimum absolute atomic E-state index is 0.00697. The third-order valence-corrected chi connectivity index (χ3v) is 4.89. The lowest BCUT2D eigenvalue weighted by Gasteiger charge is -2.31. The number of fused-ring (bicyclic) bond motifs is 1. The van der Waals surface area contributed by atoms with Gasteiger partial charge < -0.3 is 4.90 Å². The van der Waals surface area contributed by atoms with Crippen molar-refractivity contribution in [2.75, 3.05) is 11.4 Å². The van der Waals surface area contributed by atoms with E-state index in [1.165, 1.54) is 5.56 Å². The molecule has 0 saturated heterocycles. The minimum Gasteiger partial charge on any atom is -0.306 e. The third-order valence-electron chi connectivity index (χ3n) is 4.43. The van der Waals surface area contributed by atoms with Crippen molar-refractivity contribution in [2.45, 2.75) is 53.0 Å². The van der Waals surface area contributed by atoms with E-state index in [1.54, 1.807) is 0 Å². The van der Waals surface area contributed by atoms with Crippen molar-refractivity contribution in [1.29, 1.82) is 0 Å². The number of hydrogen-bond acceptors (Lipinski definition) is 2. The molecule has 0 unspecified atom stereocenters. The minimum atomic E-state index is -0.136. The zero-order valence-electron chi connectivity index (χ0n) is 15.0. The van der Waals surface area contributed by atoms with Crippen molar-refractivity contribution >= 4 is 27.5 Å². The van der Waals surface area contributed by atoms with Crippen LogP contribution in [0, 0.1) is 13.8 Å². The predicted molar refractivity (Wildman–Crippen MR) is 101 cm³/mol. The number of amides is 1. The van der Waals surface area contributed by atoms with Crippen LogP contribution in [0.25, 0.3) is 0 Å². The molecular weight excluding hydrogens is 366 g/mol. The van der Waals surface area contributed by atoms with Crippen molar-refractivity contribution in [3.63, 3.8) is 0 Å². The summed E-state index contributed by atoms with van der Waals surface area (Å²) in [5.74, 6) is -0.00697. The highest BCUT2D eigenvalue weighted by Gasteiger charge is 2.28. The van der Waals surface area contributed by atoms with E-state index in [-0.39, 0.29) is 11.4 Å².